The molecule has 134 valence electrons. The van der Waals surface area contributed by atoms with Crippen LogP contribution in [0, 0.1) is 0 Å². The second-order valence-electron chi connectivity index (χ2n) is 7.32. The molecule has 0 radical (unpaired) electrons. The second kappa shape index (κ2) is 9.57. The Kier molecular flexibility index (Phi) is 7.76. The molecule has 1 aliphatic carbocycles. The monoisotopic (exact) mass is 326 g/mol. The molecule has 0 bridgehead atoms. The van der Waals surface area contributed by atoms with Crippen molar-refractivity contribution in [2.24, 2.45) is 0 Å². The van der Waals surface area contributed by atoms with Gasteiger partial charge >= 0.3 is 0 Å². The molecule has 0 aromatic carbocycles. The lowest BCUT2D eigenvalue weighted by Gasteiger charge is -2.34. The van der Waals surface area contributed by atoms with Gasteiger partial charge in [-0.2, -0.15) is 0 Å². The van der Waals surface area contributed by atoms with E-state index in [1.54, 1.807) is 0 Å². The van der Waals surface area contributed by atoms with Crippen LogP contribution in [0.1, 0.15) is 32.1 Å². The Morgan fingerprint density at radius 3 is 2.57 bits per heavy atom. The SMILES string of the molecule is CN1CCN(CC(O)CN(C)CCC(=O)NC2CCCC2)CC1. The van der Waals surface area contributed by atoms with Gasteiger partial charge < -0.3 is 20.2 Å². The molecule has 1 saturated heterocycles. The molecular weight excluding hydrogens is 292 g/mol. The molecule has 0 spiro atoms. The van der Waals surface area contributed by atoms with E-state index in [2.05, 4.69) is 27.1 Å². The summed E-state index contributed by atoms with van der Waals surface area (Å²) < 4.78 is 0. The smallest absolute Gasteiger partial charge is 0.221 e. The van der Waals surface area contributed by atoms with Crippen molar-refractivity contribution in [2.45, 2.75) is 44.2 Å². The number of rotatable bonds is 8. The highest BCUT2D eigenvalue weighted by Crippen LogP contribution is 2.17. The van der Waals surface area contributed by atoms with Crippen LogP contribution in [0.3, 0.4) is 0 Å². The first-order valence-corrected chi connectivity index (χ1v) is 9.10. The maximum atomic E-state index is 11.9. The Bertz CT molecular complexity index is 353. The summed E-state index contributed by atoms with van der Waals surface area (Å²) >= 11 is 0. The topological polar surface area (TPSA) is 59.1 Å². The van der Waals surface area contributed by atoms with E-state index in [0.29, 0.717) is 25.6 Å². The van der Waals surface area contributed by atoms with E-state index in [4.69, 9.17) is 0 Å². The van der Waals surface area contributed by atoms with Crippen LogP contribution in [0.4, 0.5) is 0 Å². The van der Waals surface area contributed by atoms with Gasteiger partial charge in [0.15, 0.2) is 0 Å². The summed E-state index contributed by atoms with van der Waals surface area (Å²) in [4.78, 5) is 18.6. The van der Waals surface area contributed by atoms with Crippen molar-refractivity contribution in [1.29, 1.82) is 0 Å². The minimum Gasteiger partial charge on any atom is -0.390 e. The third kappa shape index (κ3) is 7.16. The van der Waals surface area contributed by atoms with Gasteiger partial charge in [-0.15, -0.1) is 0 Å². The highest BCUT2D eigenvalue weighted by Gasteiger charge is 2.19. The molecule has 2 fully saturated rings. The molecule has 2 N–H and O–H groups in total. The van der Waals surface area contributed by atoms with Crippen molar-refractivity contribution in [1.82, 2.24) is 20.0 Å². The number of aliphatic hydroxyl groups is 1. The number of piperazine rings is 1. The Balaban J connectivity index is 1.56. The standard InChI is InChI=1S/C17H34N4O2/c1-19-9-11-21(12-10-19)14-16(22)13-20(2)8-7-17(23)18-15-5-3-4-6-15/h15-16,22H,3-14H2,1-2H3,(H,18,23). The number of hydrogen-bond donors (Lipinski definition) is 2. The number of aliphatic hydroxyl groups excluding tert-OH is 1. The molecular formula is C17H34N4O2. The summed E-state index contributed by atoms with van der Waals surface area (Å²) in [5.41, 5.74) is 0. The molecule has 1 saturated carbocycles. The van der Waals surface area contributed by atoms with E-state index in [0.717, 1.165) is 45.6 Å². The van der Waals surface area contributed by atoms with Crippen molar-refractivity contribution in [3.63, 3.8) is 0 Å². The van der Waals surface area contributed by atoms with Gasteiger partial charge in [-0.25, -0.2) is 0 Å². The summed E-state index contributed by atoms with van der Waals surface area (Å²) in [5, 5.41) is 13.4. The summed E-state index contributed by atoms with van der Waals surface area (Å²) in [6, 6.07) is 0.399. The molecule has 1 aliphatic heterocycles. The zero-order valence-corrected chi connectivity index (χ0v) is 14.8. The van der Waals surface area contributed by atoms with E-state index >= 15 is 0 Å². The van der Waals surface area contributed by atoms with Crippen LogP contribution in [0.5, 0.6) is 0 Å². The molecule has 6 heteroatoms. The van der Waals surface area contributed by atoms with E-state index in [1.807, 2.05) is 7.05 Å². The highest BCUT2D eigenvalue weighted by atomic mass is 16.3. The molecule has 1 unspecified atom stereocenters. The third-order valence-corrected chi connectivity index (χ3v) is 5.03. The number of hydrogen-bond acceptors (Lipinski definition) is 5. The molecule has 2 aliphatic rings. The fraction of sp³-hybridized carbons (Fsp3) is 0.941. The Morgan fingerprint density at radius 1 is 1.26 bits per heavy atom. The van der Waals surface area contributed by atoms with E-state index in [-0.39, 0.29) is 12.0 Å². The second-order valence-corrected chi connectivity index (χ2v) is 7.32. The average molecular weight is 326 g/mol. The van der Waals surface area contributed by atoms with Crippen molar-refractivity contribution in [3.8, 4) is 0 Å². The van der Waals surface area contributed by atoms with Crippen molar-refractivity contribution < 1.29 is 9.90 Å². The minimum atomic E-state index is -0.346. The summed E-state index contributed by atoms with van der Waals surface area (Å²) in [6.45, 7) is 6.27. The van der Waals surface area contributed by atoms with Crippen molar-refractivity contribution in [3.05, 3.63) is 0 Å². The maximum absolute atomic E-state index is 11.9. The number of likely N-dealkylation sites (N-methyl/N-ethyl adjacent to an activating group) is 2. The van der Waals surface area contributed by atoms with Gasteiger partial charge in [0.2, 0.25) is 5.91 Å². The first-order chi connectivity index (χ1) is 11.0. The maximum Gasteiger partial charge on any atom is 0.221 e. The first kappa shape index (κ1) is 18.6. The lowest BCUT2D eigenvalue weighted by atomic mass is 10.2. The number of nitrogens with one attached hydrogen (secondary N) is 1. The molecule has 6 nitrogen and oxygen atoms in total. The number of amides is 1. The lowest BCUT2D eigenvalue weighted by Crippen LogP contribution is -2.48. The van der Waals surface area contributed by atoms with Crippen LogP contribution in [-0.4, -0.2) is 97.8 Å². The van der Waals surface area contributed by atoms with Crippen LogP contribution < -0.4 is 5.32 Å². The van der Waals surface area contributed by atoms with Gasteiger partial charge in [0.25, 0.3) is 0 Å². The minimum absolute atomic E-state index is 0.150. The normalized spacial score (nSPS) is 22.6. The van der Waals surface area contributed by atoms with Gasteiger partial charge in [0.05, 0.1) is 6.10 Å². The molecule has 0 aromatic heterocycles. The van der Waals surface area contributed by atoms with Crippen molar-refractivity contribution in [2.75, 3.05) is 59.9 Å². The van der Waals surface area contributed by atoms with Gasteiger partial charge in [-0.05, 0) is 26.9 Å². The zero-order valence-electron chi connectivity index (χ0n) is 14.8. The number of β-amino-alcohol motifs (C(OH)–C–C–N with tert-alkyl or cyclic N) is 1. The third-order valence-electron chi connectivity index (χ3n) is 5.03. The molecule has 23 heavy (non-hydrogen) atoms. The quantitative estimate of drug-likeness (QED) is 0.656. The Morgan fingerprint density at radius 2 is 1.91 bits per heavy atom. The van der Waals surface area contributed by atoms with Crippen LogP contribution in [0.25, 0.3) is 0 Å². The van der Waals surface area contributed by atoms with E-state index in [9.17, 15) is 9.90 Å². The molecule has 2 rings (SSSR count). The van der Waals surface area contributed by atoms with Crippen LogP contribution >= 0.6 is 0 Å². The largest absolute Gasteiger partial charge is 0.390 e. The molecule has 1 atom stereocenters. The number of carbonyl (C=O) groups is 1. The van der Waals surface area contributed by atoms with E-state index < -0.39 is 0 Å². The van der Waals surface area contributed by atoms with Crippen LogP contribution in [0.2, 0.25) is 0 Å². The van der Waals surface area contributed by atoms with Gasteiger partial charge in [-0.3, -0.25) is 9.69 Å². The van der Waals surface area contributed by atoms with Gasteiger partial charge in [0, 0.05) is 58.3 Å². The fourth-order valence-electron chi connectivity index (χ4n) is 3.50. The number of nitrogens with zero attached hydrogens (tertiary/aromatic N) is 3. The summed E-state index contributed by atoms with van der Waals surface area (Å²) in [6.07, 6.45) is 4.92. The lowest BCUT2D eigenvalue weighted by molar-refractivity contribution is -0.122. The molecule has 0 aromatic rings. The van der Waals surface area contributed by atoms with Crippen LogP contribution in [0.15, 0.2) is 0 Å². The molecule has 1 heterocycles. The Labute approximate surface area is 140 Å². The fourth-order valence-corrected chi connectivity index (χ4v) is 3.50. The summed E-state index contributed by atoms with van der Waals surface area (Å²) in [7, 11) is 4.12. The Hall–Kier alpha value is -0.690. The summed E-state index contributed by atoms with van der Waals surface area (Å²) in [5.74, 6) is 0.150. The zero-order chi connectivity index (χ0) is 16.7. The highest BCUT2D eigenvalue weighted by molar-refractivity contribution is 5.76. The predicted molar refractivity (Wildman–Crippen MR) is 92.5 cm³/mol. The van der Waals surface area contributed by atoms with Crippen LogP contribution in [-0.2, 0) is 4.79 Å². The molecule has 1 amide bonds. The predicted octanol–water partition coefficient (Wildman–Crippen LogP) is -0.0246. The number of carbonyl (C=O) groups excluding carboxylic acids is 1. The first-order valence-electron chi connectivity index (χ1n) is 9.10. The van der Waals surface area contributed by atoms with Gasteiger partial charge in [0.1, 0.15) is 0 Å². The van der Waals surface area contributed by atoms with Gasteiger partial charge in [-0.1, -0.05) is 12.8 Å². The average Bonchev–Trinajstić information content (AvgIpc) is 3.00. The van der Waals surface area contributed by atoms with E-state index in [1.165, 1.54) is 12.8 Å². The van der Waals surface area contributed by atoms with Crippen molar-refractivity contribution >= 4 is 5.91 Å².